The molecule has 0 bridgehead atoms. The van der Waals surface area contributed by atoms with Gasteiger partial charge in [0.1, 0.15) is 16.5 Å². The fraction of sp³-hybridized carbons (Fsp3) is 0.167. The summed E-state index contributed by atoms with van der Waals surface area (Å²) in [5, 5.41) is 11.0. The third-order valence-electron chi connectivity index (χ3n) is 3.98. The van der Waals surface area contributed by atoms with Crippen LogP contribution in [0.15, 0.2) is 36.4 Å². The summed E-state index contributed by atoms with van der Waals surface area (Å²) >= 11 is 12.3. The Morgan fingerprint density at radius 3 is 2.46 bits per heavy atom. The molecule has 0 atom stereocenters. The van der Waals surface area contributed by atoms with Crippen LogP contribution < -0.4 is 4.74 Å². The Kier molecular flexibility index (Phi) is 4.43. The molecular formula is C18H15Cl2NO3. The third-order valence-corrected chi connectivity index (χ3v) is 4.63. The minimum absolute atomic E-state index is 0.0823. The van der Waals surface area contributed by atoms with Crippen LogP contribution in [-0.2, 0) is 6.54 Å². The number of aromatic carboxylic acids is 1. The standard InChI is InChI=1S/C18H15Cl2NO3/c1-10-7-14-13(8-15(10)24-2)16(18(22)23)17(20)21(14)9-11-3-5-12(19)6-4-11/h3-8H,9H2,1-2H3,(H,22,23). The van der Waals surface area contributed by atoms with Crippen molar-refractivity contribution >= 4 is 40.1 Å². The molecular weight excluding hydrogens is 349 g/mol. The highest BCUT2D eigenvalue weighted by molar-refractivity contribution is 6.35. The van der Waals surface area contributed by atoms with Gasteiger partial charge in [-0.25, -0.2) is 4.79 Å². The number of nitrogens with zero attached hydrogens (tertiary/aromatic N) is 1. The van der Waals surface area contributed by atoms with Crippen LogP contribution >= 0.6 is 23.2 Å². The second-order valence-corrected chi connectivity index (χ2v) is 6.32. The van der Waals surface area contributed by atoms with Crippen molar-refractivity contribution in [3.05, 3.63) is 63.3 Å². The number of carboxylic acid groups (broad SMARTS) is 1. The molecule has 124 valence electrons. The zero-order valence-electron chi connectivity index (χ0n) is 13.1. The van der Waals surface area contributed by atoms with Crippen LogP contribution in [0.2, 0.25) is 10.2 Å². The van der Waals surface area contributed by atoms with Crippen molar-refractivity contribution in [3.63, 3.8) is 0 Å². The van der Waals surface area contributed by atoms with E-state index in [1.807, 2.05) is 25.1 Å². The quantitative estimate of drug-likeness (QED) is 0.708. The van der Waals surface area contributed by atoms with E-state index in [2.05, 4.69) is 0 Å². The molecule has 2 aromatic carbocycles. The summed E-state index contributed by atoms with van der Waals surface area (Å²) in [4.78, 5) is 11.7. The first-order valence-corrected chi connectivity index (χ1v) is 8.02. The first-order chi connectivity index (χ1) is 11.4. The second kappa shape index (κ2) is 6.38. The van der Waals surface area contributed by atoms with Crippen molar-refractivity contribution in [2.24, 2.45) is 0 Å². The van der Waals surface area contributed by atoms with Crippen LogP contribution in [0.5, 0.6) is 5.75 Å². The lowest BCUT2D eigenvalue weighted by molar-refractivity contribution is 0.0699. The van der Waals surface area contributed by atoms with Crippen LogP contribution in [0.25, 0.3) is 10.9 Å². The number of aryl methyl sites for hydroxylation is 1. The predicted molar refractivity (Wildman–Crippen MR) is 95.8 cm³/mol. The first kappa shape index (κ1) is 16.7. The number of hydrogen-bond donors (Lipinski definition) is 1. The lowest BCUT2D eigenvalue weighted by Gasteiger charge is -2.09. The number of fused-ring (bicyclic) bond motifs is 1. The number of hydrogen-bond acceptors (Lipinski definition) is 2. The average molecular weight is 364 g/mol. The molecule has 0 unspecified atom stereocenters. The molecule has 3 rings (SSSR count). The van der Waals surface area contributed by atoms with E-state index >= 15 is 0 Å². The minimum atomic E-state index is -1.06. The molecule has 0 aliphatic rings. The summed E-state index contributed by atoms with van der Waals surface area (Å²) in [6, 6.07) is 11.0. The van der Waals surface area contributed by atoms with Gasteiger partial charge in [0.2, 0.25) is 0 Å². The maximum absolute atomic E-state index is 11.7. The Labute approximate surface area is 149 Å². The summed E-state index contributed by atoms with van der Waals surface area (Å²) in [5.74, 6) is -0.434. The van der Waals surface area contributed by atoms with Crippen LogP contribution in [0.3, 0.4) is 0 Å². The molecule has 1 N–H and O–H groups in total. The second-order valence-electron chi connectivity index (χ2n) is 5.52. The van der Waals surface area contributed by atoms with Crippen molar-refractivity contribution in [1.82, 2.24) is 4.57 Å². The molecule has 24 heavy (non-hydrogen) atoms. The maximum atomic E-state index is 11.7. The van der Waals surface area contributed by atoms with E-state index in [0.717, 1.165) is 16.6 Å². The molecule has 0 fully saturated rings. The number of rotatable bonds is 4. The fourth-order valence-corrected chi connectivity index (χ4v) is 3.26. The Hall–Kier alpha value is -2.17. The predicted octanol–water partition coefficient (Wildman–Crippen LogP) is 5.01. The van der Waals surface area contributed by atoms with E-state index in [4.69, 9.17) is 27.9 Å². The van der Waals surface area contributed by atoms with E-state index in [0.29, 0.717) is 22.7 Å². The number of benzene rings is 2. The van der Waals surface area contributed by atoms with Crippen LogP contribution in [0, 0.1) is 6.92 Å². The van der Waals surface area contributed by atoms with E-state index in [9.17, 15) is 9.90 Å². The summed E-state index contributed by atoms with van der Waals surface area (Å²) in [7, 11) is 1.56. The number of ether oxygens (including phenoxy) is 1. The average Bonchev–Trinajstić information content (AvgIpc) is 2.80. The summed E-state index contributed by atoms with van der Waals surface area (Å²) in [6.07, 6.45) is 0. The van der Waals surface area contributed by atoms with E-state index in [1.54, 1.807) is 29.9 Å². The van der Waals surface area contributed by atoms with Gasteiger partial charge in [-0.15, -0.1) is 0 Å². The molecule has 0 aliphatic carbocycles. The smallest absolute Gasteiger partial charge is 0.339 e. The van der Waals surface area contributed by atoms with Gasteiger partial charge in [0.15, 0.2) is 0 Å². The zero-order chi connectivity index (χ0) is 17.4. The van der Waals surface area contributed by atoms with E-state index in [1.165, 1.54) is 0 Å². The van der Waals surface area contributed by atoms with Gasteiger partial charge in [0, 0.05) is 17.0 Å². The van der Waals surface area contributed by atoms with Crippen molar-refractivity contribution in [1.29, 1.82) is 0 Å². The Morgan fingerprint density at radius 1 is 1.21 bits per heavy atom. The maximum Gasteiger partial charge on any atom is 0.339 e. The molecule has 0 saturated heterocycles. The third kappa shape index (κ3) is 2.83. The summed E-state index contributed by atoms with van der Waals surface area (Å²) < 4.78 is 7.10. The summed E-state index contributed by atoms with van der Waals surface area (Å²) in [5.41, 5.74) is 2.72. The highest BCUT2D eigenvalue weighted by Crippen LogP contribution is 2.35. The SMILES string of the molecule is COc1cc2c(C(=O)O)c(Cl)n(Cc3ccc(Cl)cc3)c2cc1C. The van der Waals surface area contributed by atoms with Crippen molar-refractivity contribution < 1.29 is 14.6 Å². The monoisotopic (exact) mass is 363 g/mol. The molecule has 1 aromatic heterocycles. The van der Waals surface area contributed by atoms with Crippen LogP contribution in [-0.4, -0.2) is 22.8 Å². The molecule has 3 aromatic rings. The van der Waals surface area contributed by atoms with Crippen molar-refractivity contribution in [2.75, 3.05) is 7.11 Å². The number of halogens is 2. The van der Waals surface area contributed by atoms with Gasteiger partial charge in [-0.05, 0) is 42.3 Å². The highest BCUT2D eigenvalue weighted by atomic mass is 35.5. The highest BCUT2D eigenvalue weighted by Gasteiger charge is 2.22. The Bertz CT molecular complexity index is 930. The van der Waals surface area contributed by atoms with Gasteiger partial charge in [0.05, 0.1) is 12.6 Å². The van der Waals surface area contributed by atoms with Crippen molar-refractivity contribution in [2.45, 2.75) is 13.5 Å². The molecule has 0 amide bonds. The van der Waals surface area contributed by atoms with Gasteiger partial charge < -0.3 is 14.4 Å². The fourth-order valence-electron chi connectivity index (χ4n) is 2.80. The van der Waals surface area contributed by atoms with E-state index in [-0.39, 0.29) is 10.7 Å². The number of aromatic nitrogens is 1. The number of carboxylic acids is 1. The summed E-state index contributed by atoms with van der Waals surface area (Å²) in [6.45, 7) is 2.36. The van der Waals surface area contributed by atoms with E-state index < -0.39 is 5.97 Å². The molecule has 4 nitrogen and oxygen atoms in total. The zero-order valence-corrected chi connectivity index (χ0v) is 14.6. The normalized spacial score (nSPS) is 11.0. The van der Waals surface area contributed by atoms with Gasteiger partial charge in [-0.2, -0.15) is 0 Å². The molecule has 6 heteroatoms. The minimum Gasteiger partial charge on any atom is -0.496 e. The molecule has 1 heterocycles. The van der Waals surface area contributed by atoms with Gasteiger partial charge in [0.25, 0.3) is 0 Å². The molecule has 0 spiro atoms. The first-order valence-electron chi connectivity index (χ1n) is 7.26. The van der Waals surface area contributed by atoms with Crippen LogP contribution in [0.1, 0.15) is 21.5 Å². The number of methoxy groups -OCH3 is 1. The lowest BCUT2D eigenvalue weighted by atomic mass is 10.1. The van der Waals surface area contributed by atoms with Gasteiger partial charge in [-0.1, -0.05) is 35.3 Å². The molecule has 0 radical (unpaired) electrons. The Morgan fingerprint density at radius 2 is 1.88 bits per heavy atom. The van der Waals surface area contributed by atoms with Gasteiger partial charge in [-0.3, -0.25) is 0 Å². The Balaban J connectivity index is 2.23. The number of carbonyl (C=O) groups is 1. The lowest BCUT2D eigenvalue weighted by Crippen LogP contribution is -2.01. The largest absolute Gasteiger partial charge is 0.496 e. The van der Waals surface area contributed by atoms with Crippen LogP contribution in [0.4, 0.5) is 0 Å². The topological polar surface area (TPSA) is 51.5 Å². The van der Waals surface area contributed by atoms with Gasteiger partial charge >= 0.3 is 5.97 Å². The molecule has 0 aliphatic heterocycles. The van der Waals surface area contributed by atoms with Crippen molar-refractivity contribution in [3.8, 4) is 5.75 Å². The molecule has 0 saturated carbocycles.